The van der Waals surface area contributed by atoms with Crippen LogP contribution in [-0.4, -0.2) is 46.0 Å². The van der Waals surface area contributed by atoms with Gasteiger partial charge in [-0.2, -0.15) is 0 Å². The minimum atomic E-state index is -3.68. The number of carbonyl (C=O) groups excluding carboxylic acids is 1. The molecule has 1 aromatic heterocycles. The Morgan fingerprint density at radius 3 is 2.48 bits per heavy atom. The first-order valence-electron chi connectivity index (χ1n) is 9.37. The molecular formula is C20H27NO7S. The highest BCUT2D eigenvalue weighted by Crippen LogP contribution is 2.29. The zero-order valence-electron chi connectivity index (χ0n) is 17.1. The van der Waals surface area contributed by atoms with Gasteiger partial charge in [-0.25, -0.2) is 17.5 Å². The largest absolute Gasteiger partial charge is 0.490 e. The Morgan fingerprint density at radius 2 is 1.83 bits per heavy atom. The van der Waals surface area contributed by atoms with Crippen molar-refractivity contribution in [3.05, 3.63) is 41.7 Å². The van der Waals surface area contributed by atoms with Crippen molar-refractivity contribution >= 4 is 16.0 Å². The van der Waals surface area contributed by atoms with Crippen molar-refractivity contribution in [2.75, 3.05) is 27.3 Å². The lowest BCUT2D eigenvalue weighted by Gasteiger charge is -2.13. The van der Waals surface area contributed by atoms with E-state index >= 15 is 0 Å². The lowest BCUT2D eigenvalue weighted by Crippen LogP contribution is -2.21. The standard InChI is InChI=1S/C20H27NO7S/c1-5-7-12-26-17-10-8-15(13-18(17)25-6-2)20(22)27-14-16-9-11-19(28-16)29(23,24)21(3)4/h8-11,13H,5-7,12,14H2,1-4H3. The van der Waals surface area contributed by atoms with E-state index in [9.17, 15) is 13.2 Å². The number of hydrogen-bond acceptors (Lipinski definition) is 7. The summed E-state index contributed by atoms with van der Waals surface area (Å²) in [5.41, 5.74) is 0.295. The Hall–Kier alpha value is -2.52. The first-order chi connectivity index (χ1) is 13.8. The number of benzene rings is 1. The van der Waals surface area contributed by atoms with E-state index < -0.39 is 16.0 Å². The second kappa shape index (κ2) is 10.3. The first kappa shape index (κ1) is 22.8. The van der Waals surface area contributed by atoms with Crippen molar-refractivity contribution in [3.63, 3.8) is 0 Å². The SMILES string of the molecule is CCCCOc1ccc(C(=O)OCc2ccc(S(=O)(=O)N(C)C)o2)cc1OCC. The summed E-state index contributed by atoms with van der Waals surface area (Å²) >= 11 is 0. The molecule has 2 rings (SSSR count). The number of carbonyl (C=O) groups is 1. The molecule has 8 nitrogen and oxygen atoms in total. The molecule has 2 aromatic rings. The summed E-state index contributed by atoms with van der Waals surface area (Å²) in [5.74, 6) is 0.680. The maximum Gasteiger partial charge on any atom is 0.338 e. The lowest BCUT2D eigenvalue weighted by molar-refractivity contribution is 0.0440. The molecule has 0 bridgehead atoms. The van der Waals surface area contributed by atoms with Gasteiger partial charge in [0.25, 0.3) is 10.0 Å². The van der Waals surface area contributed by atoms with E-state index in [0.29, 0.717) is 30.3 Å². The molecule has 160 valence electrons. The summed E-state index contributed by atoms with van der Waals surface area (Å²) in [6, 6.07) is 7.62. The topological polar surface area (TPSA) is 95.3 Å². The summed E-state index contributed by atoms with van der Waals surface area (Å²) in [6.07, 6.45) is 1.93. The van der Waals surface area contributed by atoms with Gasteiger partial charge in [-0.1, -0.05) is 13.3 Å². The molecule has 0 spiro atoms. The van der Waals surface area contributed by atoms with Crippen LogP contribution in [0.25, 0.3) is 0 Å². The summed E-state index contributed by atoms with van der Waals surface area (Å²) in [7, 11) is -0.866. The summed E-state index contributed by atoms with van der Waals surface area (Å²) < 4.78 is 46.9. The van der Waals surface area contributed by atoms with Crippen LogP contribution in [0.2, 0.25) is 0 Å². The van der Waals surface area contributed by atoms with Crippen LogP contribution in [0.1, 0.15) is 42.8 Å². The average Bonchev–Trinajstić information content (AvgIpc) is 3.17. The summed E-state index contributed by atoms with van der Waals surface area (Å²) in [4.78, 5) is 12.4. The Kier molecular flexibility index (Phi) is 8.10. The second-order valence-corrected chi connectivity index (χ2v) is 8.46. The van der Waals surface area contributed by atoms with Gasteiger partial charge >= 0.3 is 5.97 Å². The molecule has 0 N–H and O–H groups in total. The van der Waals surface area contributed by atoms with Crippen molar-refractivity contribution in [3.8, 4) is 11.5 Å². The number of nitrogens with zero attached hydrogens (tertiary/aromatic N) is 1. The Morgan fingerprint density at radius 1 is 1.07 bits per heavy atom. The fourth-order valence-corrected chi connectivity index (χ4v) is 3.14. The molecule has 0 atom stereocenters. The highest BCUT2D eigenvalue weighted by atomic mass is 32.2. The second-order valence-electron chi connectivity index (χ2n) is 6.38. The van der Waals surface area contributed by atoms with Crippen LogP contribution < -0.4 is 9.47 Å². The molecule has 0 fully saturated rings. The van der Waals surface area contributed by atoms with Crippen LogP contribution in [0.5, 0.6) is 11.5 Å². The summed E-state index contributed by atoms with van der Waals surface area (Å²) in [6.45, 7) is 4.72. The normalized spacial score (nSPS) is 11.5. The first-order valence-corrected chi connectivity index (χ1v) is 10.8. The third-order valence-electron chi connectivity index (χ3n) is 3.95. The van der Waals surface area contributed by atoms with E-state index in [1.54, 1.807) is 18.2 Å². The minimum absolute atomic E-state index is 0.194. The van der Waals surface area contributed by atoms with E-state index in [1.165, 1.54) is 26.2 Å². The van der Waals surface area contributed by atoms with Gasteiger partial charge in [-0.05, 0) is 43.7 Å². The van der Waals surface area contributed by atoms with E-state index in [-0.39, 0.29) is 17.5 Å². The monoisotopic (exact) mass is 425 g/mol. The fourth-order valence-electron chi connectivity index (χ4n) is 2.32. The number of hydrogen-bond donors (Lipinski definition) is 0. The van der Waals surface area contributed by atoms with E-state index in [4.69, 9.17) is 18.6 Å². The molecule has 29 heavy (non-hydrogen) atoms. The Balaban J connectivity index is 2.05. The zero-order valence-corrected chi connectivity index (χ0v) is 18.0. The Bertz CT molecular complexity index is 919. The number of unbranched alkanes of at least 4 members (excludes halogenated alkanes) is 1. The Labute approximate surface area is 171 Å². The molecule has 1 heterocycles. The highest BCUT2D eigenvalue weighted by molar-refractivity contribution is 7.88. The molecule has 0 aliphatic carbocycles. The van der Waals surface area contributed by atoms with Crippen LogP contribution in [0.3, 0.4) is 0 Å². The van der Waals surface area contributed by atoms with Crippen LogP contribution in [-0.2, 0) is 21.4 Å². The maximum absolute atomic E-state index is 12.4. The van der Waals surface area contributed by atoms with Crippen LogP contribution >= 0.6 is 0 Å². The predicted octanol–water partition coefficient (Wildman–Crippen LogP) is 3.46. The van der Waals surface area contributed by atoms with Gasteiger partial charge in [0.2, 0.25) is 5.09 Å². The van der Waals surface area contributed by atoms with Gasteiger partial charge in [-0.15, -0.1) is 0 Å². The van der Waals surface area contributed by atoms with Gasteiger partial charge in [0.05, 0.1) is 18.8 Å². The number of ether oxygens (including phenoxy) is 3. The van der Waals surface area contributed by atoms with E-state index in [2.05, 4.69) is 6.92 Å². The zero-order chi connectivity index (χ0) is 21.4. The van der Waals surface area contributed by atoms with Crippen molar-refractivity contribution in [2.24, 2.45) is 0 Å². The summed E-state index contributed by atoms with van der Waals surface area (Å²) in [5, 5.41) is -0.208. The van der Waals surface area contributed by atoms with Gasteiger partial charge in [0.15, 0.2) is 11.5 Å². The minimum Gasteiger partial charge on any atom is -0.490 e. The molecule has 0 aliphatic heterocycles. The molecule has 0 saturated heterocycles. The van der Waals surface area contributed by atoms with Crippen LogP contribution in [0.4, 0.5) is 0 Å². The van der Waals surface area contributed by atoms with Gasteiger partial charge in [0.1, 0.15) is 12.4 Å². The van der Waals surface area contributed by atoms with Gasteiger partial charge < -0.3 is 18.6 Å². The predicted molar refractivity (Wildman–Crippen MR) is 107 cm³/mol. The number of esters is 1. The average molecular weight is 426 g/mol. The molecule has 0 aliphatic rings. The third kappa shape index (κ3) is 5.98. The lowest BCUT2D eigenvalue weighted by atomic mass is 10.2. The fraction of sp³-hybridized carbons (Fsp3) is 0.450. The van der Waals surface area contributed by atoms with E-state index in [1.807, 2.05) is 6.92 Å². The molecule has 1 aromatic carbocycles. The van der Waals surface area contributed by atoms with Crippen molar-refractivity contribution < 1.29 is 31.8 Å². The molecule has 0 unspecified atom stereocenters. The van der Waals surface area contributed by atoms with Crippen molar-refractivity contribution in [2.45, 2.75) is 38.4 Å². The molecule has 0 amide bonds. The third-order valence-corrected chi connectivity index (χ3v) is 5.64. The smallest absolute Gasteiger partial charge is 0.338 e. The number of rotatable bonds is 11. The van der Waals surface area contributed by atoms with Crippen LogP contribution in [0, 0.1) is 0 Å². The van der Waals surface area contributed by atoms with E-state index in [0.717, 1.165) is 17.1 Å². The van der Waals surface area contributed by atoms with Crippen molar-refractivity contribution in [1.82, 2.24) is 4.31 Å². The number of furan rings is 1. The highest BCUT2D eigenvalue weighted by Gasteiger charge is 2.22. The molecular weight excluding hydrogens is 398 g/mol. The van der Waals surface area contributed by atoms with Crippen molar-refractivity contribution in [1.29, 1.82) is 0 Å². The molecule has 9 heteroatoms. The van der Waals surface area contributed by atoms with Gasteiger partial charge in [-0.3, -0.25) is 0 Å². The maximum atomic E-state index is 12.4. The van der Waals surface area contributed by atoms with Gasteiger partial charge in [0, 0.05) is 14.1 Å². The number of sulfonamides is 1. The quantitative estimate of drug-likeness (QED) is 0.402. The van der Waals surface area contributed by atoms with Crippen LogP contribution in [0.15, 0.2) is 39.8 Å². The molecule has 0 radical (unpaired) electrons. The molecule has 0 saturated carbocycles.